The zero-order valence-electron chi connectivity index (χ0n) is 9.50. The lowest BCUT2D eigenvalue weighted by Crippen LogP contribution is -2.05. The Kier molecular flexibility index (Phi) is 4.06. The zero-order chi connectivity index (χ0) is 12.3. The average molecular weight is 266 g/mol. The first-order chi connectivity index (χ1) is 8.20. The molecule has 0 aliphatic heterocycles. The molecule has 0 saturated carbocycles. The predicted octanol–water partition coefficient (Wildman–Crippen LogP) is 4.38. The van der Waals surface area contributed by atoms with Gasteiger partial charge in [0, 0.05) is 16.6 Å². The van der Waals surface area contributed by atoms with Crippen LogP contribution in [0.5, 0.6) is 0 Å². The van der Waals surface area contributed by atoms with Gasteiger partial charge in [0.15, 0.2) is 0 Å². The van der Waals surface area contributed by atoms with Crippen molar-refractivity contribution in [3.8, 4) is 11.1 Å². The number of halogens is 2. The Morgan fingerprint density at radius 2 is 1.76 bits per heavy atom. The van der Waals surface area contributed by atoms with Gasteiger partial charge in [0.1, 0.15) is 0 Å². The Balaban J connectivity index is 2.37. The van der Waals surface area contributed by atoms with E-state index in [9.17, 15) is 0 Å². The first kappa shape index (κ1) is 12.4. The first-order valence-corrected chi connectivity index (χ1v) is 6.15. The molecule has 88 valence electrons. The van der Waals surface area contributed by atoms with Crippen LogP contribution in [0.4, 0.5) is 0 Å². The molecule has 0 aromatic heterocycles. The standard InChI is InChI=1S/C14H13Cl2N/c1-17-9-12-6-5-11(8-14(12)16)10-3-2-4-13(15)7-10/h2-8,17H,9H2,1H3. The van der Waals surface area contributed by atoms with Crippen LogP contribution in [0.15, 0.2) is 42.5 Å². The van der Waals surface area contributed by atoms with Gasteiger partial charge in [-0.3, -0.25) is 0 Å². The lowest BCUT2D eigenvalue weighted by molar-refractivity contribution is 0.818. The maximum Gasteiger partial charge on any atom is 0.0457 e. The van der Waals surface area contributed by atoms with Gasteiger partial charge in [-0.1, -0.05) is 47.5 Å². The van der Waals surface area contributed by atoms with Crippen LogP contribution in [0.3, 0.4) is 0 Å². The van der Waals surface area contributed by atoms with Crippen LogP contribution in [-0.2, 0) is 6.54 Å². The second-order valence-corrected chi connectivity index (χ2v) is 4.69. The minimum absolute atomic E-state index is 0.734. The van der Waals surface area contributed by atoms with Gasteiger partial charge >= 0.3 is 0 Å². The van der Waals surface area contributed by atoms with E-state index in [4.69, 9.17) is 23.2 Å². The number of benzene rings is 2. The molecule has 0 heterocycles. The fraction of sp³-hybridized carbons (Fsp3) is 0.143. The van der Waals surface area contributed by atoms with E-state index in [1.165, 1.54) is 0 Å². The monoisotopic (exact) mass is 265 g/mol. The molecule has 0 unspecified atom stereocenters. The first-order valence-electron chi connectivity index (χ1n) is 5.39. The topological polar surface area (TPSA) is 12.0 Å². The van der Waals surface area contributed by atoms with Gasteiger partial charge in [0.25, 0.3) is 0 Å². The summed E-state index contributed by atoms with van der Waals surface area (Å²) < 4.78 is 0. The highest BCUT2D eigenvalue weighted by molar-refractivity contribution is 6.32. The third-order valence-corrected chi connectivity index (χ3v) is 3.17. The van der Waals surface area contributed by atoms with Crippen LogP contribution >= 0.6 is 23.2 Å². The highest BCUT2D eigenvalue weighted by atomic mass is 35.5. The Labute approximate surface area is 111 Å². The van der Waals surface area contributed by atoms with Gasteiger partial charge in [0.2, 0.25) is 0 Å². The molecule has 1 nitrogen and oxygen atoms in total. The van der Waals surface area contributed by atoms with E-state index in [1.807, 2.05) is 43.4 Å². The highest BCUT2D eigenvalue weighted by Gasteiger charge is 2.03. The van der Waals surface area contributed by atoms with Crippen molar-refractivity contribution in [2.24, 2.45) is 0 Å². The van der Waals surface area contributed by atoms with Crippen molar-refractivity contribution in [2.75, 3.05) is 7.05 Å². The van der Waals surface area contributed by atoms with Gasteiger partial charge in [-0.15, -0.1) is 0 Å². The fourth-order valence-electron chi connectivity index (χ4n) is 1.73. The summed E-state index contributed by atoms with van der Waals surface area (Å²) in [6, 6.07) is 13.8. The Morgan fingerprint density at radius 1 is 1.00 bits per heavy atom. The van der Waals surface area contributed by atoms with Gasteiger partial charge in [0.05, 0.1) is 0 Å². The molecule has 2 rings (SSSR count). The molecule has 0 spiro atoms. The molecule has 0 atom stereocenters. The Morgan fingerprint density at radius 3 is 2.41 bits per heavy atom. The molecule has 3 heteroatoms. The van der Waals surface area contributed by atoms with E-state index in [1.54, 1.807) is 0 Å². The number of hydrogen-bond acceptors (Lipinski definition) is 1. The van der Waals surface area contributed by atoms with E-state index in [0.29, 0.717) is 0 Å². The molecule has 0 amide bonds. The zero-order valence-corrected chi connectivity index (χ0v) is 11.0. The summed E-state index contributed by atoms with van der Waals surface area (Å²) in [6.45, 7) is 0.772. The van der Waals surface area contributed by atoms with Gasteiger partial charge in [-0.05, 0) is 41.9 Å². The molecular formula is C14H13Cl2N. The van der Waals surface area contributed by atoms with E-state index in [-0.39, 0.29) is 0 Å². The van der Waals surface area contributed by atoms with Crippen molar-refractivity contribution in [3.63, 3.8) is 0 Å². The van der Waals surface area contributed by atoms with Crippen molar-refractivity contribution < 1.29 is 0 Å². The van der Waals surface area contributed by atoms with Crippen LogP contribution in [0.1, 0.15) is 5.56 Å². The van der Waals surface area contributed by atoms with Gasteiger partial charge in [-0.2, -0.15) is 0 Å². The maximum absolute atomic E-state index is 6.22. The largest absolute Gasteiger partial charge is 0.316 e. The molecule has 2 aromatic rings. The van der Waals surface area contributed by atoms with Gasteiger partial charge < -0.3 is 5.32 Å². The number of rotatable bonds is 3. The molecule has 0 aliphatic rings. The molecule has 17 heavy (non-hydrogen) atoms. The Hall–Kier alpha value is -1.02. The van der Waals surface area contributed by atoms with E-state index < -0.39 is 0 Å². The summed E-state index contributed by atoms with van der Waals surface area (Å²) in [4.78, 5) is 0. The third-order valence-electron chi connectivity index (χ3n) is 2.58. The molecule has 1 N–H and O–H groups in total. The normalized spacial score (nSPS) is 10.5. The van der Waals surface area contributed by atoms with Crippen molar-refractivity contribution in [1.82, 2.24) is 5.32 Å². The molecule has 0 fully saturated rings. The van der Waals surface area contributed by atoms with E-state index in [2.05, 4.69) is 11.4 Å². The number of nitrogens with one attached hydrogen (secondary N) is 1. The van der Waals surface area contributed by atoms with Crippen LogP contribution < -0.4 is 5.32 Å². The van der Waals surface area contributed by atoms with Crippen LogP contribution in [0.2, 0.25) is 10.0 Å². The van der Waals surface area contributed by atoms with Crippen LogP contribution in [-0.4, -0.2) is 7.05 Å². The second kappa shape index (κ2) is 5.54. The van der Waals surface area contributed by atoms with Crippen molar-refractivity contribution >= 4 is 23.2 Å². The smallest absolute Gasteiger partial charge is 0.0457 e. The summed E-state index contributed by atoms with van der Waals surface area (Å²) >= 11 is 12.2. The van der Waals surface area contributed by atoms with Crippen molar-refractivity contribution in [2.45, 2.75) is 6.54 Å². The lowest BCUT2D eigenvalue weighted by atomic mass is 10.0. The maximum atomic E-state index is 6.22. The summed E-state index contributed by atoms with van der Waals surface area (Å²) in [6.07, 6.45) is 0. The summed E-state index contributed by atoms with van der Waals surface area (Å²) in [7, 11) is 1.90. The van der Waals surface area contributed by atoms with Crippen molar-refractivity contribution in [3.05, 3.63) is 58.1 Å². The molecule has 0 bridgehead atoms. The highest BCUT2D eigenvalue weighted by Crippen LogP contribution is 2.27. The fourth-order valence-corrected chi connectivity index (χ4v) is 2.17. The SMILES string of the molecule is CNCc1ccc(-c2cccc(Cl)c2)cc1Cl. The van der Waals surface area contributed by atoms with Crippen LogP contribution in [0.25, 0.3) is 11.1 Å². The Bertz CT molecular complexity index is 523. The summed E-state index contributed by atoms with van der Waals surface area (Å²) in [5.41, 5.74) is 3.26. The van der Waals surface area contributed by atoms with Gasteiger partial charge in [-0.25, -0.2) is 0 Å². The lowest BCUT2D eigenvalue weighted by Gasteiger charge is -2.07. The van der Waals surface area contributed by atoms with E-state index >= 15 is 0 Å². The minimum Gasteiger partial charge on any atom is -0.316 e. The molecule has 0 aliphatic carbocycles. The predicted molar refractivity (Wildman–Crippen MR) is 74.7 cm³/mol. The molecule has 0 saturated heterocycles. The average Bonchev–Trinajstić information content (AvgIpc) is 2.32. The summed E-state index contributed by atoms with van der Waals surface area (Å²) in [5, 5.41) is 4.60. The van der Waals surface area contributed by atoms with Crippen molar-refractivity contribution in [1.29, 1.82) is 0 Å². The molecular weight excluding hydrogens is 253 g/mol. The number of hydrogen-bond donors (Lipinski definition) is 1. The second-order valence-electron chi connectivity index (χ2n) is 3.85. The third kappa shape index (κ3) is 3.01. The molecule has 2 aromatic carbocycles. The summed E-state index contributed by atoms with van der Waals surface area (Å²) in [5.74, 6) is 0. The minimum atomic E-state index is 0.734. The van der Waals surface area contributed by atoms with Crippen LogP contribution in [0, 0.1) is 0 Å². The molecule has 0 radical (unpaired) electrons. The quantitative estimate of drug-likeness (QED) is 0.869. The van der Waals surface area contributed by atoms with E-state index in [0.717, 1.165) is 33.3 Å².